The summed E-state index contributed by atoms with van der Waals surface area (Å²) in [6.07, 6.45) is 0.319. The van der Waals surface area contributed by atoms with E-state index in [1.165, 1.54) is 24.3 Å². The molecule has 152 valence electrons. The van der Waals surface area contributed by atoms with Gasteiger partial charge in [0.05, 0.1) is 12.5 Å². The molecule has 6 nitrogen and oxygen atoms in total. The number of rotatable bonds is 6. The minimum absolute atomic E-state index is 0.0129. The smallest absolute Gasteiger partial charge is 0.325 e. The fourth-order valence-corrected chi connectivity index (χ4v) is 3.48. The minimum Gasteiger partial charge on any atom is -0.350 e. The predicted molar refractivity (Wildman–Crippen MR) is 106 cm³/mol. The van der Waals surface area contributed by atoms with Crippen molar-refractivity contribution < 1.29 is 18.8 Å². The van der Waals surface area contributed by atoms with E-state index in [1.807, 2.05) is 31.2 Å². The summed E-state index contributed by atoms with van der Waals surface area (Å²) in [7, 11) is 0. The van der Waals surface area contributed by atoms with E-state index in [1.54, 1.807) is 6.92 Å². The van der Waals surface area contributed by atoms with Gasteiger partial charge in [0.2, 0.25) is 11.8 Å². The van der Waals surface area contributed by atoms with Gasteiger partial charge in [-0.25, -0.2) is 9.18 Å². The summed E-state index contributed by atoms with van der Waals surface area (Å²) in [6.45, 7) is 4.04. The molecule has 2 unspecified atom stereocenters. The molecule has 0 aliphatic carbocycles. The number of halogens is 1. The van der Waals surface area contributed by atoms with Gasteiger partial charge >= 0.3 is 6.03 Å². The molecule has 7 heteroatoms. The van der Waals surface area contributed by atoms with E-state index in [4.69, 9.17) is 0 Å². The van der Waals surface area contributed by atoms with Gasteiger partial charge in [-0.3, -0.25) is 14.5 Å². The van der Waals surface area contributed by atoms with Crippen molar-refractivity contribution in [2.75, 3.05) is 0 Å². The first kappa shape index (κ1) is 20.5. The van der Waals surface area contributed by atoms with Crippen molar-refractivity contribution in [3.63, 3.8) is 0 Å². The van der Waals surface area contributed by atoms with E-state index in [0.717, 1.165) is 16.0 Å². The Morgan fingerprint density at radius 1 is 1.24 bits per heavy atom. The molecule has 0 aromatic heterocycles. The average Bonchev–Trinajstić information content (AvgIpc) is 2.69. The molecule has 2 atom stereocenters. The molecule has 1 aliphatic rings. The van der Waals surface area contributed by atoms with Crippen LogP contribution >= 0.6 is 0 Å². The number of carbonyl (C=O) groups excluding carboxylic acids is 3. The van der Waals surface area contributed by atoms with Gasteiger partial charge in [0, 0.05) is 6.54 Å². The summed E-state index contributed by atoms with van der Waals surface area (Å²) >= 11 is 0. The van der Waals surface area contributed by atoms with E-state index in [2.05, 4.69) is 10.6 Å². The lowest BCUT2D eigenvalue weighted by atomic mass is 10.00. The van der Waals surface area contributed by atoms with Gasteiger partial charge in [0.15, 0.2) is 0 Å². The monoisotopic (exact) mass is 397 g/mol. The molecule has 2 aromatic rings. The Hall–Kier alpha value is -3.22. The number of benzene rings is 2. The number of urea groups is 1. The van der Waals surface area contributed by atoms with Crippen molar-refractivity contribution in [3.8, 4) is 0 Å². The number of aryl methyl sites for hydroxylation is 1. The predicted octanol–water partition coefficient (Wildman–Crippen LogP) is 3.21. The second kappa shape index (κ2) is 8.86. The van der Waals surface area contributed by atoms with Crippen molar-refractivity contribution in [2.24, 2.45) is 0 Å². The van der Waals surface area contributed by atoms with Crippen LogP contribution in [0.3, 0.4) is 0 Å². The van der Waals surface area contributed by atoms with Crippen LogP contribution in [0.15, 0.2) is 48.5 Å². The largest absolute Gasteiger partial charge is 0.350 e. The van der Waals surface area contributed by atoms with E-state index in [0.29, 0.717) is 18.5 Å². The van der Waals surface area contributed by atoms with Crippen LogP contribution < -0.4 is 10.6 Å². The van der Waals surface area contributed by atoms with Crippen molar-refractivity contribution in [3.05, 3.63) is 71.0 Å². The molecule has 4 amide bonds. The molecule has 1 fully saturated rings. The molecule has 1 aliphatic heterocycles. The summed E-state index contributed by atoms with van der Waals surface area (Å²) < 4.78 is 13.1. The highest BCUT2D eigenvalue weighted by atomic mass is 19.1. The zero-order chi connectivity index (χ0) is 21.0. The van der Waals surface area contributed by atoms with Crippen molar-refractivity contribution in [2.45, 2.75) is 45.3 Å². The Bertz CT molecular complexity index is 896. The number of imide groups is 1. The Kier molecular flexibility index (Phi) is 6.26. The fourth-order valence-electron chi connectivity index (χ4n) is 3.48. The van der Waals surface area contributed by atoms with Crippen molar-refractivity contribution >= 4 is 17.8 Å². The molecule has 29 heavy (non-hydrogen) atoms. The van der Waals surface area contributed by atoms with Crippen LogP contribution in [-0.4, -0.2) is 28.8 Å². The zero-order valence-corrected chi connectivity index (χ0v) is 16.4. The summed E-state index contributed by atoms with van der Waals surface area (Å²) in [6, 6.07) is 11.3. The summed E-state index contributed by atoms with van der Waals surface area (Å²) in [5.74, 6) is -1.20. The Morgan fingerprint density at radius 3 is 2.59 bits per heavy atom. The van der Waals surface area contributed by atoms with E-state index < -0.39 is 24.0 Å². The number of nitrogens with zero attached hydrogens (tertiary/aromatic N) is 1. The maximum atomic E-state index is 13.1. The number of nitrogens with one attached hydrogen (secondary N) is 2. The highest BCUT2D eigenvalue weighted by Crippen LogP contribution is 2.24. The maximum Gasteiger partial charge on any atom is 0.325 e. The molecule has 0 spiro atoms. The van der Waals surface area contributed by atoms with Gasteiger partial charge in [-0.05, 0) is 36.6 Å². The summed E-state index contributed by atoms with van der Waals surface area (Å²) in [5.41, 5.74) is 2.67. The van der Waals surface area contributed by atoms with Gasteiger partial charge in [-0.2, -0.15) is 0 Å². The molecule has 2 N–H and O–H groups in total. The molecule has 1 saturated heterocycles. The number of amides is 4. The summed E-state index contributed by atoms with van der Waals surface area (Å²) in [4.78, 5) is 39.0. The lowest BCUT2D eigenvalue weighted by Gasteiger charge is -2.35. The molecule has 0 radical (unpaired) electrons. The van der Waals surface area contributed by atoms with Gasteiger partial charge < -0.3 is 10.6 Å². The van der Waals surface area contributed by atoms with Crippen molar-refractivity contribution in [1.29, 1.82) is 0 Å². The third-order valence-electron chi connectivity index (χ3n) is 4.99. The van der Waals surface area contributed by atoms with Crippen LogP contribution in [-0.2, 0) is 16.1 Å². The van der Waals surface area contributed by atoms with E-state index in [-0.39, 0.29) is 18.1 Å². The molecule has 1 heterocycles. The Morgan fingerprint density at radius 2 is 1.97 bits per heavy atom. The quantitative estimate of drug-likeness (QED) is 0.786. The lowest BCUT2D eigenvalue weighted by molar-refractivity contribution is -0.139. The van der Waals surface area contributed by atoms with Gasteiger partial charge in [0.1, 0.15) is 11.9 Å². The Labute approximate surface area is 169 Å². The van der Waals surface area contributed by atoms with Crippen LogP contribution in [0.25, 0.3) is 0 Å². The Balaban J connectivity index is 1.67. The first-order chi connectivity index (χ1) is 13.9. The van der Waals surface area contributed by atoms with Gasteiger partial charge in [-0.15, -0.1) is 0 Å². The van der Waals surface area contributed by atoms with Gasteiger partial charge in [0.25, 0.3) is 0 Å². The maximum absolute atomic E-state index is 13.1. The second-order valence-electron chi connectivity index (χ2n) is 7.15. The third-order valence-corrected chi connectivity index (χ3v) is 4.99. The second-order valence-corrected chi connectivity index (χ2v) is 7.15. The van der Waals surface area contributed by atoms with Crippen LogP contribution in [0.2, 0.25) is 0 Å². The topological polar surface area (TPSA) is 78.5 Å². The molecule has 3 rings (SSSR count). The molecular formula is C22H24FN3O3. The zero-order valence-electron chi connectivity index (χ0n) is 16.4. The molecule has 0 bridgehead atoms. The molecule has 0 saturated carbocycles. The fraction of sp³-hybridized carbons (Fsp3) is 0.318. The average molecular weight is 397 g/mol. The van der Waals surface area contributed by atoms with Crippen molar-refractivity contribution in [1.82, 2.24) is 15.5 Å². The minimum atomic E-state index is -0.888. The third kappa shape index (κ3) is 4.80. The van der Waals surface area contributed by atoms with Crippen LogP contribution in [0, 0.1) is 12.7 Å². The van der Waals surface area contributed by atoms with Crippen LogP contribution in [0.1, 0.15) is 42.5 Å². The van der Waals surface area contributed by atoms with E-state index in [9.17, 15) is 18.8 Å². The van der Waals surface area contributed by atoms with Crippen LogP contribution in [0.4, 0.5) is 9.18 Å². The first-order valence-corrected chi connectivity index (χ1v) is 9.60. The first-order valence-electron chi connectivity index (χ1n) is 9.60. The summed E-state index contributed by atoms with van der Waals surface area (Å²) in [5, 5.41) is 5.56. The SMILES string of the molecule is CCC(C(=O)NCc1cccc(C)c1)N1C(=O)CC(c2ccc(F)cc2)NC1=O. The van der Waals surface area contributed by atoms with E-state index >= 15 is 0 Å². The van der Waals surface area contributed by atoms with Gasteiger partial charge in [-0.1, -0.05) is 48.9 Å². The highest BCUT2D eigenvalue weighted by molar-refractivity contribution is 6.02. The number of hydrogen-bond donors (Lipinski definition) is 2. The molecular weight excluding hydrogens is 373 g/mol. The highest BCUT2D eigenvalue weighted by Gasteiger charge is 2.39. The number of carbonyl (C=O) groups is 3. The van der Waals surface area contributed by atoms with Crippen LogP contribution in [0.5, 0.6) is 0 Å². The lowest BCUT2D eigenvalue weighted by Crippen LogP contribution is -2.59. The number of hydrogen-bond acceptors (Lipinski definition) is 3. The molecule has 2 aromatic carbocycles. The standard InChI is InChI=1S/C22H24FN3O3/c1-3-19(21(28)24-13-15-6-4-5-14(2)11-15)26-20(27)12-18(25-22(26)29)16-7-9-17(23)10-8-16/h4-11,18-19H,3,12-13H2,1-2H3,(H,24,28)(H,25,29). The normalized spacial score (nSPS) is 17.6.